The van der Waals surface area contributed by atoms with Gasteiger partial charge in [-0.3, -0.25) is 0 Å². The maximum atomic E-state index is 7.81. The number of hydrogen-bond donors (Lipinski definition) is 1. The van der Waals surface area contributed by atoms with Crippen molar-refractivity contribution in [2.75, 3.05) is 6.61 Å². The Labute approximate surface area is 238 Å². The first kappa shape index (κ1) is 33.3. The van der Waals surface area contributed by atoms with Crippen LogP contribution in [0, 0.1) is 14.4 Å². The minimum Gasteiger partial charge on any atom is -0.126 e. The van der Waals surface area contributed by atoms with Gasteiger partial charge in [-0.05, 0) is 0 Å². The van der Waals surface area contributed by atoms with Gasteiger partial charge in [0.1, 0.15) is 0 Å². The number of benzene rings is 4. The SMILES string of the molecule is Cl.Cl.[CH2-]CCO.[CH3-].[Si]=[Zr].c1ccc2c(c1)[cH-]c1ccccc12.c1ccc2c(c1)[cH-]c1ccccc12. The topological polar surface area (TPSA) is 20.2 Å². The first-order valence-electron chi connectivity index (χ1n) is 10.5. The molecule has 0 aliphatic heterocycles. The molecule has 1 N–H and O–H groups in total. The summed E-state index contributed by atoms with van der Waals surface area (Å²) in [5, 5.41) is 18.6. The van der Waals surface area contributed by atoms with E-state index in [1.165, 1.54) is 66.4 Å². The van der Waals surface area contributed by atoms with Gasteiger partial charge in [-0.1, -0.05) is 72.8 Å². The van der Waals surface area contributed by atoms with Crippen molar-refractivity contribution in [3.63, 3.8) is 0 Å². The molecule has 5 heteroatoms. The Bertz CT molecular complexity index is 1200. The van der Waals surface area contributed by atoms with E-state index in [2.05, 4.69) is 123 Å². The fourth-order valence-electron chi connectivity index (χ4n) is 3.81. The average Bonchev–Trinajstić information content (AvgIpc) is 3.44. The van der Waals surface area contributed by atoms with E-state index in [0.717, 1.165) is 0 Å². The second-order valence-corrected chi connectivity index (χ2v) is 7.21. The Kier molecular flexibility index (Phi) is 16.8. The molecule has 6 rings (SSSR count). The van der Waals surface area contributed by atoms with E-state index in [0.29, 0.717) is 6.42 Å². The summed E-state index contributed by atoms with van der Waals surface area (Å²) in [5.74, 6) is 0. The molecule has 35 heavy (non-hydrogen) atoms. The number of fused-ring (bicyclic) bond motifs is 6. The van der Waals surface area contributed by atoms with Crippen LogP contribution in [0.4, 0.5) is 0 Å². The molecule has 0 saturated carbocycles. The van der Waals surface area contributed by atoms with E-state index >= 15 is 0 Å². The molecule has 0 unspecified atom stereocenters. The van der Waals surface area contributed by atoms with E-state index in [1.807, 2.05) is 0 Å². The standard InChI is InChI=1S/2C13H9.C3H7O.CH3.2ClH.Si.Zr/c2*1-3-7-12-10(5-1)9-11-6-2-4-8-13(11)12;1-2-3-4;;;;;/h2*1-9H;4H,1-3H2;1H3;2*1H;;/q4*-1;;;;. The van der Waals surface area contributed by atoms with Crippen molar-refractivity contribution in [2.24, 2.45) is 0 Å². The minimum absolute atomic E-state index is 0. The first-order chi connectivity index (χ1) is 15.8. The van der Waals surface area contributed by atoms with Crippen LogP contribution in [0.5, 0.6) is 0 Å². The molecule has 0 spiro atoms. The van der Waals surface area contributed by atoms with Crippen LogP contribution in [-0.4, -0.2) is 18.6 Å². The second-order valence-electron chi connectivity index (χ2n) is 7.21. The third-order valence-electron chi connectivity index (χ3n) is 5.20. The Morgan fingerprint density at radius 1 is 0.571 bits per heavy atom. The van der Waals surface area contributed by atoms with Gasteiger partial charge in [0.05, 0.1) is 0 Å². The summed E-state index contributed by atoms with van der Waals surface area (Å²) >= 11 is 1.36. The summed E-state index contributed by atoms with van der Waals surface area (Å²) in [4.78, 5) is 0. The van der Waals surface area contributed by atoms with Crippen molar-refractivity contribution in [1.82, 2.24) is 0 Å². The van der Waals surface area contributed by atoms with Crippen LogP contribution in [0.1, 0.15) is 6.42 Å². The molecule has 0 saturated heterocycles. The Balaban J connectivity index is 0.000000507. The van der Waals surface area contributed by atoms with Gasteiger partial charge in [-0.2, -0.15) is 6.42 Å². The van der Waals surface area contributed by atoms with Gasteiger partial charge >= 0.3 is 30.2 Å². The molecular formula is C30H30Cl2OSiZr-4. The van der Waals surface area contributed by atoms with Gasteiger partial charge < -0.3 is 19.5 Å². The molecule has 0 heterocycles. The summed E-state index contributed by atoms with van der Waals surface area (Å²) < 4.78 is 0. The summed E-state index contributed by atoms with van der Waals surface area (Å²) in [7, 11) is 0. The zero-order valence-electron chi connectivity index (χ0n) is 19.8. The number of aliphatic hydroxyl groups is 1. The summed E-state index contributed by atoms with van der Waals surface area (Å²) in [5.41, 5.74) is 0. The fraction of sp³-hybridized carbons (Fsp3) is 0.0667. The fourth-order valence-corrected chi connectivity index (χ4v) is 3.81. The van der Waals surface area contributed by atoms with E-state index in [1.54, 1.807) is 0 Å². The van der Waals surface area contributed by atoms with Crippen LogP contribution < -0.4 is 0 Å². The molecule has 2 radical (unpaired) electrons. The summed E-state index contributed by atoms with van der Waals surface area (Å²) in [6, 6.07) is 38.5. The van der Waals surface area contributed by atoms with Crippen LogP contribution in [0.2, 0.25) is 0 Å². The van der Waals surface area contributed by atoms with Gasteiger partial charge in [0.2, 0.25) is 0 Å². The second kappa shape index (κ2) is 17.7. The molecular weight excluding hydrogens is 567 g/mol. The van der Waals surface area contributed by atoms with Crippen molar-refractivity contribution in [2.45, 2.75) is 6.42 Å². The van der Waals surface area contributed by atoms with Gasteiger partial charge in [0.25, 0.3) is 0 Å². The Morgan fingerprint density at radius 2 is 0.771 bits per heavy atom. The molecule has 1 nitrogen and oxygen atoms in total. The molecule has 6 aromatic rings. The zero-order chi connectivity index (χ0) is 22.8. The quantitative estimate of drug-likeness (QED) is 0.149. The molecule has 6 aromatic carbocycles. The molecule has 0 aromatic heterocycles. The maximum absolute atomic E-state index is 7.81. The van der Waals surface area contributed by atoms with Crippen molar-refractivity contribution < 1.29 is 28.4 Å². The number of rotatable bonds is 1. The number of hydrogen-bond acceptors (Lipinski definition) is 1. The van der Waals surface area contributed by atoms with Crippen molar-refractivity contribution >= 4 is 74.8 Å². The van der Waals surface area contributed by atoms with E-state index in [-0.39, 0.29) is 38.8 Å². The van der Waals surface area contributed by atoms with Gasteiger partial charge in [0, 0.05) is 6.61 Å². The van der Waals surface area contributed by atoms with Crippen LogP contribution in [0.25, 0.3) is 43.1 Å². The molecule has 0 bridgehead atoms. The first-order valence-corrected chi connectivity index (χ1v) is 14.7. The van der Waals surface area contributed by atoms with Gasteiger partial charge in [-0.15, -0.1) is 104 Å². The van der Waals surface area contributed by atoms with E-state index in [4.69, 9.17) is 5.11 Å². The summed E-state index contributed by atoms with van der Waals surface area (Å²) in [6.45, 7) is 6.62. The van der Waals surface area contributed by atoms with Crippen LogP contribution in [0.3, 0.4) is 0 Å². The Morgan fingerprint density at radius 3 is 0.971 bits per heavy atom. The Hall–Kier alpha value is -1.74. The smallest absolute Gasteiger partial charge is 0.0771 e. The summed E-state index contributed by atoms with van der Waals surface area (Å²) in [6.07, 6.45) is 0.625. The average molecular weight is 597 g/mol. The van der Waals surface area contributed by atoms with Gasteiger partial charge in [-0.25, -0.2) is 0 Å². The van der Waals surface area contributed by atoms with E-state index < -0.39 is 0 Å². The van der Waals surface area contributed by atoms with Crippen LogP contribution in [-0.2, 0) is 23.3 Å². The minimum atomic E-state index is 0. The largest absolute Gasteiger partial charge is 0.126 e. The third-order valence-corrected chi connectivity index (χ3v) is 5.20. The van der Waals surface area contributed by atoms with Gasteiger partial charge in [0.15, 0.2) is 0 Å². The number of halogens is 2. The molecule has 0 aliphatic rings. The van der Waals surface area contributed by atoms with Crippen molar-refractivity contribution in [1.29, 1.82) is 0 Å². The predicted octanol–water partition coefficient (Wildman–Crippen LogP) is 8.54. The van der Waals surface area contributed by atoms with Crippen molar-refractivity contribution in [3.05, 3.63) is 124 Å². The molecule has 182 valence electrons. The normalized spacial score (nSPS) is 9.17. The van der Waals surface area contributed by atoms with Crippen LogP contribution in [0.15, 0.2) is 109 Å². The number of aliphatic hydroxyl groups excluding tert-OH is 1. The molecule has 0 amide bonds. The zero-order valence-corrected chi connectivity index (χ0v) is 24.9. The molecule has 0 aliphatic carbocycles. The molecule has 0 fully saturated rings. The third kappa shape index (κ3) is 8.41. The van der Waals surface area contributed by atoms with E-state index in [9.17, 15) is 0 Å². The predicted molar refractivity (Wildman–Crippen MR) is 158 cm³/mol. The monoisotopic (exact) mass is 594 g/mol. The maximum Gasteiger partial charge on any atom is -0.0771 e. The van der Waals surface area contributed by atoms with Crippen molar-refractivity contribution in [3.8, 4) is 0 Å². The molecule has 0 atom stereocenters. The van der Waals surface area contributed by atoms with Crippen LogP contribution >= 0.6 is 24.8 Å².